The predicted molar refractivity (Wildman–Crippen MR) is 240 cm³/mol. The van der Waals surface area contributed by atoms with Crippen LogP contribution >= 0.6 is 0 Å². The summed E-state index contributed by atoms with van der Waals surface area (Å²) in [6.07, 6.45) is -2.56. The number of carbonyl (C=O) groups is 2. The molecule has 6 aromatic rings. The molecule has 1 aliphatic rings. The third-order valence-corrected chi connectivity index (χ3v) is 10.9. The van der Waals surface area contributed by atoms with Gasteiger partial charge in [-0.15, -0.1) is 0 Å². The van der Waals surface area contributed by atoms with Crippen LogP contribution in [0.5, 0.6) is 5.75 Å². The molecule has 1 aliphatic heterocycles. The highest BCUT2D eigenvalue weighted by molar-refractivity contribution is 5.82. The summed E-state index contributed by atoms with van der Waals surface area (Å²) in [4.78, 5) is 24.1. The van der Waals surface area contributed by atoms with Gasteiger partial charge in [0.15, 0.2) is 0 Å². The van der Waals surface area contributed by atoms with Crippen molar-refractivity contribution < 1.29 is 43.1 Å². The van der Waals surface area contributed by atoms with Gasteiger partial charge >= 0.3 is 5.97 Å². The van der Waals surface area contributed by atoms with Crippen LogP contribution in [0.3, 0.4) is 0 Å². The summed E-state index contributed by atoms with van der Waals surface area (Å²) in [6.45, 7) is 3.12. The monoisotopic (exact) mass is 849 g/mol. The molecular weight excluding hydrogens is 795 g/mol. The summed E-state index contributed by atoms with van der Waals surface area (Å²) in [5.41, 5.74) is 6.54. The lowest BCUT2D eigenvalue weighted by Gasteiger charge is -2.46. The third kappa shape index (κ3) is 13.7. The number of aliphatic carboxylic acids is 1. The van der Waals surface area contributed by atoms with Crippen molar-refractivity contribution in [3.05, 3.63) is 209 Å². The number of rotatable bonds is 22. The number of benzene rings is 6. The molecule has 326 valence electrons. The second kappa shape index (κ2) is 23.3. The number of nitrogens with one attached hydrogen (secondary N) is 1. The first-order valence-electron chi connectivity index (χ1n) is 21.4. The molecule has 0 aromatic heterocycles. The molecular formula is C53H55NO9. The number of carbonyl (C=O) groups excluding carboxylic acids is 1. The summed E-state index contributed by atoms with van der Waals surface area (Å²) in [5.74, 6) is -0.982. The van der Waals surface area contributed by atoms with Crippen LogP contribution in [-0.4, -0.2) is 60.2 Å². The summed E-state index contributed by atoms with van der Waals surface area (Å²) in [6, 6.07) is 54.5. The third-order valence-electron chi connectivity index (χ3n) is 10.9. The average molecular weight is 850 g/mol. The minimum Gasteiger partial charge on any atom is -0.489 e. The van der Waals surface area contributed by atoms with E-state index in [1.54, 1.807) is 0 Å². The highest BCUT2D eigenvalue weighted by atomic mass is 16.6. The fourth-order valence-corrected chi connectivity index (χ4v) is 7.71. The lowest BCUT2D eigenvalue weighted by molar-refractivity contribution is -0.272. The molecule has 1 amide bonds. The summed E-state index contributed by atoms with van der Waals surface area (Å²) in [5, 5.41) is 12.5. The van der Waals surface area contributed by atoms with Gasteiger partial charge in [-0.3, -0.25) is 4.79 Å². The van der Waals surface area contributed by atoms with E-state index in [0.29, 0.717) is 44.2 Å². The van der Waals surface area contributed by atoms with E-state index in [2.05, 4.69) is 5.32 Å². The van der Waals surface area contributed by atoms with Crippen LogP contribution < -0.4 is 10.1 Å². The van der Waals surface area contributed by atoms with Crippen molar-refractivity contribution in [1.29, 1.82) is 0 Å². The van der Waals surface area contributed by atoms with Gasteiger partial charge in [0.1, 0.15) is 42.8 Å². The quantitative estimate of drug-likeness (QED) is 0.0692. The predicted octanol–water partition coefficient (Wildman–Crippen LogP) is 8.68. The zero-order chi connectivity index (χ0) is 43.6. The molecule has 0 saturated carbocycles. The lowest BCUT2D eigenvalue weighted by Crippen LogP contribution is -2.61. The molecule has 0 bridgehead atoms. The molecule has 6 aromatic carbocycles. The number of hydrogen-bond acceptors (Lipinski definition) is 8. The maximum Gasteiger partial charge on any atom is 0.326 e. The minimum atomic E-state index is -1.12. The largest absolute Gasteiger partial charge is 0.489 e. The molecule has 10 heteroatoms. The summed E-state index contributed by atoms with van der Waals surface area (Å²) < 4.78 is 40.9. The molecule has 7 rings (SSSR count). The molecule has 1 saturated heterocycles. The first kappa shape index (κ1) is 44.9. The van der Waals surface area contributed by atoms with E-state index in [-0.39, 0.29) is 19.6 Å². The fraction of sp³-hybridized carbons (Fsp3) is 0.283. The van der Waals surface area contributed by atoms with Gasteiger partial charge in [-0.1, -0.05) is 164 Å². The highest BCUT2D eigenvalue weighted by Crippen LogP contribution is 2.35. The summed E-state index contributed by atoms with van der Waals surface area (Å²) >= 11 is 0. The van der Waals surface area contributed by atoms with Crippen LogP contribution in [0.15, 0.2) is 170 Å². The van der Waals surface area contributed by atoms with Gasteiger partial charge in [0, 0.05) is 19.8 Å². The molecule has 0 unspecified atom stereocenters. The Labute approximate surface area is 369 Å². The Bertz CT molecular complexity index is 2280. The molecule has 0 radical (unpaired) electrons. The van der Waals surface area contributed by atoms with Gasteiger partial charge in [0.05, 0.1) is 39.1 Å². The maximum atomic E-state index is 12.2. The number of carboxylic acids is 1. The smallest absolute Gasteiger partial charge is 0.326 e. The molecule has 63 heavy (non-hydrogen) atoms. The molecule has 10 nitrogen and oxygen atoms in total. The zero-order valence-electron chi connectivity index (χ0n) is 35.5. The number of carboxylic acid groups (broad SMARTS) is 1. The molecule has 1 heterocycles. The van der Waals surface area contributed by atoms with E-state index >= 15 is 0 Å². The minimum absolute atomic E-state index is 0.0658. The van der Waals surface area contributed by atoms with Crippen LogP contribution in [0, 0.1) is 0 Å². The Kier molecular flexibility index (Phi) is 16.6. The second-order valence-electron chi connectivity index (χ2n) is 15.7. The normalized spacial score (nSPS) is 18.9. The topological polar surface area (TPSA) is 122 Å². The van der Waals surface area contributed by atoms with E-state index in [9.17, 15) is 14.7 Å². The SMILES string of the molecule is CC(=O)N[C@H](Cc1ccc(C[C@H]2O[C@H](COCc3ccccc3)[C@@H](OCc3ccccc3)[C@H](OCc3ccccc3)[C@H]2OCc2ccccc2)c(OCc2ccccc2)c1)C(=O)O. The van der Waals surface area contributed by atoms with Gasteiger partial charge in [0.25, 0.3) is 0 Å². The van der Waals surface area contributed by atoms with Crippen molar-refractivity contribution in [1.82, 2.24) is 5.32 Å². The Hall–Kier alpha value is -6.14. The Morgan fingerprint density at radius 1 is 0.556 bits per heavy atom. The molecule has 6 atom stereocenters. The van der Waals surface area contributed by atoms with E-state index in [1.165, 1.54) is 6.92 Å². The van der Waals surface area contributed by atoms with E-state index < -0.39 is 48.4 Å². The van der Waals surface area contributed by atoms with Gasteiger partial charge in [-0.05, 0) is 45.0 Å². The summed E-state index contributed by atoms with van der Waals surface area (Å²) in [7, 11) is 0. The highest BCUT2D eigenvalue weighted by Gasteiger charge is 2.48. The standard InChI is InChI=1S/C53H55NO9/c1-38(55)54-46(53(56)57)29-44-27-28-45(47(30-44)59-33-40-19-9-3-10-20-40)31-48-50(60-34-41-21-11-4-12-22-41)52(62-36-43-25-15-6-16-26-43)51(61-35-42-23-13-5-14-24-42)49(63-48)37-58-32-39-17-7-2-8-18-39/h2-28,30,46,48-52H,29,31-37H2,1H3,(H,54,55)(H,56,57)/t46-,48-,49-,50+,51-,52-/m1/s1. The first-order valence-corrected chi connectivity index (χ1v) is 21.4. The van der Waals surface area contributed by atoms with Crippen LogP contribution in [0.2, 0.25) is 0 Å². The van der Waals surface area contributed by atoms with Crippen molar-refractivity contribution in [2.75, 3.05) is 6.61 Å². The van der Waals surface area contributed by atoms with Crippen molar-refractivity contribution >= 4 is 11.9 Å². The van der Waals surface area contributed by atoms with Crippen molar-refractivity contribution in [3.8, 4) is 5.75 Å². The van der Waals surface area contributed by atoms with Crippen LogP contribution in [0.1, 0.15) is 45.9 Å². The van der Waals surface area contributed by atoms with Crippen molar-refractivity contribution in [2.24, 2.45) is 0 Å². The Morgan fingerprint density at radius 2 is 1.00 bits per heavy atom. The molecule has 2 N–H and O–H groups in total. The Balaban J connectivity index is 1.26. The number of amides is 1. The van der Waals surface area contributed by atoms with Gasteiger partial charge in [-0.2, -0.15) is 0 Å². The van der Waals surface area contributed by atoms with Crippen LogP contribution in [0.25, 0.3) is 0 Å². The lowest BCUT2D eigenvalue weighted by atomic mass is 9.90. The molecule has 0 spiro atoms. The first-order chi connectivity index (χ1) is 30.9. The van der Waals surface area contributed by atoms with Gasteiger partial charge in [-0.25, -0.2) is 4.79 Å². The number of hydrogen-bond donors (Lipinski definition) is 2. The van der Waals surface area contributed by atoms with Crippen LogP contribution in [0.4, 0.5) is 0 Å². The number of ether oxygens (including phenoxy) is 6. The van der Waals surface area contributed by atoms with Crippen molar-refractivity contribution in [2.45, 2.75) is 89.4 Å². The maximum absolute atomic E-state index is 12.2. The van der Waals surface area contributed by atoms with E-state index in [1.807, 2.05) is 170 Å². The van der Waals surface area contributed by atoms with Gasteiger partial charge in [0.2, 0.25) is 5.91 Å². The fourth-order valence-electron chi connectivity index (χ4n) is 7.71. The zero-order valence-corrected chi connectivity index (χ0v) is 35.5. The second-order valence-corrected chi connectivity index (χ2v) is 15.7. The Morgan fingerprint density at radius 3 is 1.48 bits per heavy atom. The van der Waals surface area contributed by atoms with Crippen LogP contribution in [-0.2, 0) is 79.1 Å². The molecule has 1 fully saturated rings. The molecule has 0 aliphatic carbocycles. The van der Waals surface area contributed by atoms with E-state index in [0.717, 1.165) is 33.4 Å². The van der Waals surface area contributed by atoms with Gasteiger partial charge < -0.3 is 38.8 Å². The van der Waals surface area contributed by atoms with Crippen molar-refractivity contribution in [3.63, 3.8) is 0 Å². The average Bonchev–Trinajstić information content (AvgIpc) is 3.31. The van der Waals surface area contributed by atoms with E-state index in [4.69, 9.17) is 28.4 Å².